The number of benzene rings is 1. The van der Waals surface area contributed by atoms with Crippen LogP contribution in [0.4, 0.5) is 9.93 Å². The molecule has 1 atom stereocenters. The van der Waals surface area contributed by atoms with Gasteiger partial charge in [0.15, 0.2) is 5.13 Å². The Bertz CT molecular complexity index is 808. The summed E-state index contributed by atoms with van der Waals surface area (Å²) in [5, 5.41) is 5.37. The van der Waals surface area contributed by atoms with Crippen molar-refractivity contribution >= 4 is 36.0 Å². The number of nitrogens with zero attached hydrogens (tertiary/aromatic N) is 3. The summed E-state index contributed by atoms with van der Waals surface area (Å²) in [5.41, 5.74) is 2.90. The average Bonchev–Trinajstić information content (AvgIpc) is 3.10. The molecule has 0 saturated carbocycles. The highest BCUT2D eigenvalue weighted by molar-refractivity contribution is 7.59. The van der Waals surface area contributed by atoms with E-state index in [0.29, 0.717) is 5.13 Å². The molecule has 3 aromatic rings. The van der Waals surface area contributed by atoms with Crippen LogP contribution in [-0.2, 0) is 0 Å². The zero-order valence-corrected chi connectivity index (χ0v) is 15.8. The van der Waals surface area contributed by atoms with E-state index in [1.807, 2.05) is 54.8 Å². The lowest BCUT2D eigenvalue weighted by Gasteiger charge is -2.25. The van der Waals surface area contributed by atoms with E-state index in [1.54, 1.807) is 24.3 Å². The molecule has 0 saturated heterocycles. The van der Waals surface area contributed by atoms with Crippen LogP contribution in [-0.4, -0.2) is 27.9 Å². The first kappa shape index (κ1) is 19.0. The standard InChI is InChI=1S/C18H18N4OS.H2S/c1-13(14-6-4-3-5-7-14)22(2)18(23)21-17-20-16(12-24-17)15-8-10-19-11-9-15;/h3-13H,1-2H3,(H,20,21,23);1H2/t13-;/m0./s1. The smallest absolute Gasteiger partial charge is 0.321 e. The van der Waals surface area contributed by atoms with Gasteiger partial charge < -0.3 is 4.90 Å². The molecule has 25 heavy (non-hydrogen) atoms. The molecule has 130 valence electrons. The van der Waals surface area contributed by atoms with Gasteiger partial charge in [-0.05, 0) is 24.6 Å². The summed E-state index contributed by atoms with van der Waals surface area (Å²) in [7, 11) is 1.78. The van der Waals surface area contributed by atoms with Crippen molar-refractivity contribution in [1.29, 1.82) is 0 Å². The van der Waals surface area contributed by atoms with Gasteiger partial charge in [0.25, 0.3) is 0 Å². The van der Waals surface area contributed by atoms with E-state index in [-0.39, 0.29) is 25.6 Å². The third kappa shape index (κ3) is 4.58. The zero-order valence-electron chi connectivity index (χ0n) is 14.0. The van der Waals surface area contributed by atoms with E-state index in [4.69, 9.17) is 0 Å². The van der Waals surface area contributed by atoms with E-state index in [1.165, 1.54) is 11.3 Å². The molecule has 0 aliphatic heterocycles. The lowest BCUT2D eigenvalue weighted by molar-refractivity contribution is 0.208. The lowest BCUT2D eigenvalue weighted by Crippen LogP contribution is -2.33. The van der Waals surface area contributed by atoms with Gasteiger partial charge in [-0.25, -0.2) is 9.78 Å². The molecule has 2 heterocycles. The quantitative estimate of drug-likeness (QED) is 0.731. The number of carbonyl (C=O) groups is 1. The predicted octanol–water partition coefficient (Wildman–Crippen LogP) is 4.54. The van der Waals surface area contributed by atoms with Crippen LogP contribution < -0.4 is 5.32 Å². The van der Waals surface area contributed by atoms with Gasteiger partial charge >= 0.3 is 6.03 Å². The minimum Gasteiger partial charge on any atom is -0.321 e. The molecule has 0 fully saturated rings. The maximum absolute atomic E-state index is 12.4. The molecule has 2 amide bonds. The summed E-state index contributed by atoms with van der Waals surface area (Å²) in [4.78, 5) is 22.6. The SMILES string of the molecule is C[C@@H](c1ccccc1)N(C)C(=O)Nc1nc(-c2ccncc2)cs1.S. The molecule has 2 aromatic heterocycles. The number of hydrogen-bond acceptors (Lipinski definition) is 4. The van der Waals surface area contributed by atoms with Gasteiger partial charge in [-0.2, -0.15) is 13.5 Å². The zero-order chi connectivity index (χ0) is 16.9. The largest absolute Gasteiger partial charge is 0.323 e. The highest BCUT2D eigenvalue weighted by Crippen LogP contribution is 2.25. The number of rotatable bonds is 4. The van der Waals surface area contributed by atoms with E-state index in [9.17, 15) is 4.79 Å². The van der Waals surface area contributed by atoms with Crippen LogP contribution in [0.25, 0.3) is 11.3 Å². The van der Waals surface area contributed by atoms with E-state index >= 15 is 0 Å². The topological polar surface area (TPSA) is 58.1 Å². The molecule has 5 nitrogen and oxygen atoms in total. The first-order valence-corrected chi connectivity index (χ1v) is 8.48. The van der Waals surface area contributed by atoms with Crippen molar-refractivity contribution in [2.75, 3.05) is 12.4 Å². The highest BCUT2D eigenvalue weighted by atomic mass is 32.1. The summed E-state index contributed by atoms with van der Waals surface area (Å²) in [6.45, 7) is 2.00. The van der Waals surface area contributed by atoms with Crippen molar-refractivity contribution in [1.82, 2.24) is 14.9 Å². The van der Waals surface area contributed by atoms with E-state index in [0.717, 1.165) is 16.8 Å². The second kappa shape index (κ2) is 8.64. The molecule has 0 spiro atoms. The first-order chi connectivity index (χ1) is 11.6. The van der Waals surface area contributed by atoms with Gasteiger partial charge in [-0.15, -0.1) is 11.3 Å². The van der Waals surface area contributed by atoms with E-state index < -0.39 is 0 Å². The van der Waals surface area contributed by atoms with Crippen molar-refractivity contribution in [3.05, 3.63) is 65.8 Å². The molecule has 1 aromatic carbocycles. The fourth-order valence-electron chi connectivity index (χ4n) is 2.30. The Morgan fingerprint density at radius 1 is 1.16 bits per heavy atom. The summed E-state index contributed by atoms with van der Waals surface area (Å²) < 4.78 is 0. The van der Waals surface area contributed by atoms with Crippen molar-refractivity contribution in [3.63, 3.8) is 0 Å². The third-order valence-corrected chi connectivity index (χ3v) is 4.64. The number of pyridine rings is 1. The first-order valence-electron chi connectivity index (χ1n) is 7.60. The van der Waals surface area contributed by atoms with Crippen LogP contribution >= 0.6 is 24.8 Å². The Kier molecular flexibility index (Phi) is 6.55. The summed E-state index contributed by atoms with van der Waals surface area (Å²) in [6, 6.07) is 13.5. The Labute approximate surface area is 158 Å². The second-order valence-electron chi connectivity index (χ2n) is 5.40. The van der Waals surface area contributed by atoms with Gasteiger partial charge in [0.05, 0.1) is 11.7 Å². The van der Waals surface area contributed by atoms with Crippen molar-refractivity contribution in [2.24, 2.45) is 0 Å². The van der Waals surface area contributed by atoms with Crippen molar-refractivity contribution < 1.29 is 4.79 Å². The van der Waals surface area contributed by atoms with Crippen LogP contribution in [0.5, 0.6) is 0 Å². The van der Waals surface area contributed by atoms with Crippen LogP contribution in [0, 0.1) is 0 Å². The van der Waals surface area contributed by atoms with E-state index in [2.05, 4.69) is 15.3 Å². The maximum Gasteiger partial charge on any atom is 0.323 e. The van der Waals surface area contributed by atoms with Crippen LogP contribution in [0.1, 0.15) is 18.5 Å². The van der Waals surface area contributed by atoms with Gasteiger partial charge in [0, 0.05) is 30.4 Å². The Morgan fingerprint density at radius 3 is 2.52 bits per heavy atom. The molecular weight excluding hydrogens is 352 g/mol. The molecular formula is C18H20N4OS2. The summed E-state index contributed by atoms with van der Waals surface area (Å²) in [6.07, 6.45) is 3.45. The predicted molar refractivity (Wildman–Crippen MR) is 107 cm³/mol. The molecule has 0 unspecified atom stereocenters. The lowest BCUT2D eigenvalue weighted by atomic mass is 10.1. The minimum absolute atomic E-state index is 0. The molecule has 3 rings (SSSR count). The fraction of sp³-hybridized carbons (Fsp3) is 0.167. The summed E-state index contributed by atoms with van der Waals surface area (Å²) in [5.74, 6) is 0. The van der Waals surface area contributed by atoms with Gasteiger partial charge in [-0.1, -0.05) is 30.3 Å². The van der Waals surface area contributed by atoms with Crippen LogP contribution in [0.2, 0.25) is 0 Å². The molecule has 0 aliphatic carbocycles. The number of hydrogen-bond donors (Lipinski definition) is 1. The van der Waals surface area contributed by atoms with Crippen LogP contribution in [0.3, 0.4) is 0 Å². The molecule has 7 heteroatoms. The second-order valence-corrected chi connectivity index (χ2v) is 6.26. The van der Waals surface area contributed by atoms with Crippen molar-refractivity contribution in [3.8, 4) is 11.3 Å². The number of anilines is 1. The third-order valence-electron chi connectivity index (χ3n) is 3.88. The molecule has 0 radical (unpaired) electrons. The van der Waals surface area contributed by atoms with Crippen molar-refractivity contribution in [2.45, 2.75) is 13.0 Å². The van der Waals surface area contributed by atoms with Crippen LogP contribution in [0.15, 0.2) is 60.2 Å². The number of aromatic nitrogens is 2. The summed E-state index contributed by atoms with van der Waals surface area (Å²) >= 11 is 1.41. The number of amides is 2. The molecule has 1 N–H and O–H groups in total. The normalized spacial score (nSPS) is 11.3. The monoisotopic (exact) mass is 372 g/mol. The van der Waals surface area contributed by atoms with Gasteiger partial charge in [0.2, 0.25) is 0 Å². The highest BCUT2D eigenvalue weighted by Gasteiger charge is 2.18. The minimum atomic E-state index is -0.179. The number of thiazole rings is 1. The number of urea groups is 1. The number of carbonyl (C=O) groups excluding carboxylic acids is 1. The molecule has 0 bridgehead atoms. The fourth-order valence-corrected chi connectivity index (χ4v) is 3.01. The van der Waals surface area contributed by atoms with Gasteiger partial charge in [-0.3, -0.25) is 10.3 Å². The Morgan fingerprint density at radius 2 is 1.84 bits per heavy atom. The Hall–Kier alpha value is -2.38. The average molecular weight is 373 g/mol. The Balaban J connectivity index is 0.00000225. The van der Waals surface area contributed by atoms with Gasteiger partial charge in [0.1, 0.15) is 0 Å². The number of nitrogens with one attached hydrogen (secondary N) is 1. The molecule has 0 aliphatic rings. The maximum atomic E-state index is 12.4.